The standard InChI is InChI=1S/C31H41N5O3S2/c1-33-17-19-35(20-18-33)24-9-13-34(14-10-24)23-11-15-36(16-12-23)31-28-21-26(40-2)5-8-29(28)32-22-30(31)41(38,39)27-6-3-25(37)4-7-27/h3-8,21-24,37H,9-20H2,1-2H3. The third kappa shape index (κ3) is 5.95. The van der Waals surface area contributed by atoms with Gasteiger partial charge in [0.15, 0.2) is 0 Å². The van der Waals surface area contributed by atoms with Gasteiger partial charge in [-0.05, 0) is 94.5 Å². The molecule has 220 valence electrons. The zero-order chi connectivity index (χ0) is 28.6. The molecule has 41 heavy (non-hydrogen) atoms. The molecule has 2 aromatic carbocycles. The van der Waals surface area contributed by atoms with Crippen molar-refractivity contribution < 1.29 is 13.5 Å². The molecule has 1 N–H and O–H groups in total. The summed E-state index contributed by atoms with van der Waals surface area (Å²) in [7, 11) is -1.62. The number of piperazine rings is 1. The summed E-state index contributed by atoms with van der Waals surface area (Å²) >= 11 is 1.64. The van der Waals surface area contributed by atoms with Crippen LogP contribution in [0.1, 0.15) is 25.7 Å². The molecule has 0 radical (unpaired) electrons. The first kappa shape index (κ1) is 28.7. The molecule has 0 atom stereocenters. The average Bonchev–Trinajstić information content (AvgIpc) is 3.01. The second-order valence-corrected chi connectivity index (χ2v) is 14.5. The number of hydrogen-bond donors (Lipinski definition) is 1. The number of aromatic nitrogens is 1. The van der Waals surface area contributed by atoms with E-state index >= 15 is 0 Å². The van der Waals surface area contributed by atoms with Gasteiger partial charge in [0.1, 0.15) is 10.6 Å². The van der Waals surface area contributed by atoms with Crippen molar-refractivity contribution in [2.24, 2.45) is 0 Å². The molecule has 3 aliphatic rings. The van der Waals surface area contributed by atoms with Crippen molar-refractivity contribution in [3.63, 3.8) is 0 Å². The van der Waals surface area contributed by atoms with Crippen LogP contribution >= 0.6 is 11.8 Å². The number of pyridine rings is 1. The summed E-state index contributed by atoms with van der Waals surface area (Å²) in [6.45, 7) is 8.64. The predicted molar refractivity (Wildman–Crippen MR) is 166 cm³/mol. The van der Waals surface area contributed by atoms with Gasteiger partial charge in [-0.3, -0.25) is 9.88 Å². The number of anilines is 1. The van der Waals surface area contributed by atoms with E-state index in [2.05, 4.69) is 37.7 Å². The van der Waals surface area contributed by atoms with Crippen LogP contribution in [0.2, 0.25) is 0 Å². The van der Waals surface area contributed by atoms with Crippen molar-refractivity contribution >= 4 is 38.2 Å². The number of sulfone groups is 1. The molecule has 8 nitrogen and oxygen atoms in total. The fourth-order valence-corrected chi connectivity index (χ4v) is 8.67. The van der Waals surface area contributed by atoms with Crippen LogP contribution in [0.25, 0.3) is 10.9 Å². The lowest BCUT2D eigenvalue weighted by molar-refractivity contribution is 0.0495. The molecule has 6 rings (SSSR count). The molecule has 3 saturated heterocycles. The quantitative estimate of drug-likeness (QED) is 0.423. The molecule has 4 heterocycles. The topological polar surface area (TPSA) is 80.2 Å². The number of fused-ring (bicyclic) bond motifs is 1. The van der Waals surface area contributed by atoms with E-state index in [1.807, 2.05) is 18.4 Å². The Labute approximate surface area is 248 Å². The largest absolute Gasteiger partial charge is 0.508 e. The molecule has 3 fully saturated rings. The van der Waals surface area contributed by atoms with Crippen LogP contribution in [0.4, 0.5) is 5.69 Å². The fourth-order valence-electron chi connectivity index (χ4n) is 6.80. The summed E-state index contributed by atoms with van der Waals surface area (Å²) in [5.74, 6) is 0.0417. The van der Waals surface area contributed by atoms with Crippen LogP contribution < -0.4 is 4.90 Å². The van der Waals surface area contributed by atoms with E-state index in [9.17, 15) is 13.5 Å². The second kappa shape index (κ2) is 12.1. The summed E-state index contributed by atoms with van der Waals surface area (Å²) in [5, 5.41) is 10.6. The number of phenolic OH excluding ortho intramolecular Hbond substituents is 1. The molecule has 0 unspecified atom stereocenters. The van der Waals surface area contributed by atoms with Crippen molar-refractivity contribution in [2.75, 3.05) is 70.6 Å². The number of benzene rings is 2. The van der Waals surface area contributed by atoms with E-state index in [-0.39, 0.29) is 15.5 Å². The van der Waals surface area contributed by atoms with Crippen molar-refractivity contribution in [3.8, 4) is 5.75 Å². The van der Waals surface area contributed by atoms with Crippen molar-refractivity contribution in [3.05, 3.63) is 48.7 Å². The summed E-state index contributed by atoms with van der Waals surface area (Å²) < 4.78 is 27.9. The Morgan fingerprint density at radius 3 is 2.07 bits per heavy atom. The van der Waals surface area contributed by atoms with Crippen LogP contribution in [0.3, 0.4) is 0 Å². The molecule has 0 spiro atoms. The Hall–Kier alpha value is -2.37. The molecule has 1 aromatic heterocycles. The smallest absolute Gasteiger partial charge is 0.210 e. The van der Waals surface area contributed by atoms with Gasteiger partial charge in [0, 0.05) is 67.8 Å². The molecule has 3 aliphatic heterocycles. The van der Waals surface area contributed by atoms with E-state index < -0.39 is 9.84 Å². The van der Waals surface area contributed by atoms with Gasteiger partial charge in [0.2, 0.25) is 9.84 Å². The highest BCUT2D eigenvalue weighted by Gasteiger charge is 2.33. The lowest BCUT2D eigenvalue weighted by atomic mass is 9.96. The van der Waals surface area contributed by atoms with E-state index in [1.165, 1.54) is 69.5 Å². The molecule has 10 heteroatoms. The van der Waals surface area contributed by atoms with Gasteiger partial charge < -0.3 is 19.8 Å². The molecular formula is C31H41N5O3S2. The Balaban J connectivity index is 1.22. The van der Waals surface area contributed by atoms with Crippen molar-refractivity contribution in [1.29, 1.82) is 0 Å². The first-order chi connectivity index (χ1) is 19.8. The van der Waals surface area contributed by atoms with Crippen LogP contribution in [-0.4, -0.2) is 111 Å². The van der Waals surface area contributed by atoms with E-state index in [4.69, 9.17) is 0 Å². The maximum atomic E-state index is 13.9. The number of piperidine rings is 2. The lowest BCUT2D eigenvalue weighted by Crippen LogP contribution is -2.54. The van der Waals surface area contributed by atoms with Crippen LogP contribution in [0.5, 0.6) is 5.75 Å². The molecule has 3 aromatic rings. The SMILES string of the molecule is CSc1ccc2ncc(S(=O)(=O)c3ccc(O)cc3)c(N3CCC(N4CCC(N5CCN(C)CC5)CC4)CC3)c2c1. The summed E-state index contributed by atoms with van der Waals surface area (Å²) in [5.41, 5.74) is 1.56. The third-order valence-electron chi connectivity index (χ3n) is 9.30. The number of nitrogens with zero attached hydrogens (tertiary/aromatic N) is 5. The van der Waals surface area contributed by atoms with Gasteiger partial charge >= 0.3 is 0 Å². The average molecular weight is 596 g/mol. The lowest BCUT2D eigenvalue weighted by Gasteiger charge is -2.46. The zero-order valence-corrected chi connectivity index (χ0v) is 25.7. The molecule has 0 amide bonds. The maximum absolute atomic E-state index is 13.9. The van der Waals surface area contributed by atoms with Gasteiger partial charge in [0.25, 0.3) is 0 Å². The number of hydrogen-bond acceptors (Lipinski definition) is 9. The summed E-state index contributed by atoms with van der Waals surface area (Å²) in [6.07, 6.45) is 8.07. The van der Waals surface area contributed by atoms with Crippen LogP contribution in [-0.2, 0) is 9.84 Å². The minimum Gasteiger partial charge on any atom is -0.508 e. The van der Waals surface area contributed by atoms with Gasteiger partial charge in [-0.2, -0.15) is 0 Å². The Morgan fingerprint density at radius 1 is 0.829 bits per heavy atom. The van der Waals surface area contributed by atoms with Gasteiger partial charge in [-0.1, -0.05) is 0 Å². The third-order valence-corrected chi connectivity index (χ3v) is 11.8. The number of thioether (sulfide) groups is 1. The van der Waals surface area contributed by atoms with Gasteiger partial charge in [-0.15, -0.1) is 11.8 Å². The monoisotopic (exact) mass is 595 g/mol. The maximum Gasteiger partial charge on any atom is 0.210 e. The molecule has 0 saturated carbocycles. The van der Waals surface area contributed by atoms with Gasteiger partial charge in [0.05, 0.1) is 16.1 Å². The highest BCUT2D eigenvalue weighted by molar-refractivity contribution is 7.98. The van der Waals surface area contributed by atoms with Crippen LogP contribution in [0.15, 0.2) is 63.3 Å². The molecular weight excluding hydrogens is 555 g/mol. The number of rotatable bonds is 6. The first-order valence-electron chi connectivity index (χ1n) is 14.8. The van der Waals surface area contributed by atoms with E-state index in [1.54, 1.807) is 11.8 Å². The van der Waals surface area contributed by atoms with Crippen molar-refractivity contribution in [2.45, 2.75) is 52.5 Å². The number of aromatic hydroxyl groups is 1. The molecule has 0 bridgehead atoms. The fraction of sp³-hybridized carbons (Fsp3) is 0.516. The van der Waals surface area contributed by atoms with Gasteiger partial charge in [-0.25, -0.2) is 8.42 Å². The second-order valence-electron chi connectivity index (χ2n) is 11.7. The van der Waals surface area contributed by atoms with Crippen molar-refractivity contribution in [1.82, 2.24) is 19.7 Å². The number of likely N-dealkylation sites (tertiary alicyclic amines) is 1. The highest BCUT2D eigenvalue weighted by atomic mass is 32.2. The first-order valence-corrected chi connectivity index (χ1v) is 17.5. The Kier molecular flexibility index (Phi) is 8.47. The Bertz CT molecular complexity index is 1460. The molecule has 0 aliphatic carbocycles. The minimum atomic E-state index is -3.84. The van der Waals surface area contributed by atoms with E-state index in [0.717, 1.165) is 60.5 Å². The zero-order valence-electron chi connectivity index (χ0n) is 24.1. The Morgan fingerprint density at radius 2 is 1.44 bits per heavy atom. The predicted octanol–water partition coefficient (Wildman–Crippen LogP) is 4.18. The number of likely N-dealkylation sites (N-methyl/N-ethyl adjacent to an activating group) is 1. The van der Waals surface area contributed by atoms with Crippen LogP contribution in [0, 0.1) is 0 Å². The highest BCUT2D eigenvalue weighted by Crippen LogP contribution is 2.39. The number of phenols is 1. The minimum absolute atomic E-state index is 0.0417. The summed E-state index contributed by atoms with van der Waals surface area (Å²) in [6, 6.07) is 13.1. The van der Waals surface area contributed by atoms with E-state index in [0.29, 0.717) is 12.1 Å². The normalized spacial score (nSPS) is 21.1. The summed E-state index contributed by atoms with van der Waals surface area (Å²) in [4.78, 5) is 16.2.